The predicted octanol–water partition coefficient (Wildman–Crippen LogP) is 3.36. The summed E-state index contributed by atoms with van der Waals surface area (Å²) in [5.41, 5.74) is 1.48. The van der Waals surface area contributed by atoms with Crippen LogP contribution in [0.1, 0.15) is 20.3 Å². The molecule has 110 valence electrons. The third-order valence-electron chi connectivity index (χ3n) is 3.65. The lowest BCUT2D eigenvalue weighted by Gasteiger charge is -2.24. The molecule has 0 unspecified atom stereocenters. The van der Waals surface area contributed by atoms with Crippen molar-refractivity contribution in [2.24, 2.45) is 0 Å². The summed E-state index contributed by atoms with van der Waals surface area (Å²) in [5, 5.41) is 14.3. The number of nitro groups is 1. The first-order chi connectivity index (χ1) is 9.44. The minimum Gasteiger partial charge on any atom is -0.382 e. The topological polar surface area (TPSA) is 58.4 Å². The molecule has 0 amide bonds. The van der Waals surface area contributed by atoms with Crippen LogP contribution in [0, 0.1) is 10.1 Å². The van der Waals surface area contributed by atoms with Crippen molar-refractivity contribution in [3.63, 3.8) is 0 Å². The summed E-state index contributed by atoms with van der Waals surface area (Å²) in [6.07, 6.45) is 1.03. The van der Waals surface area contributed by atoms with E-state index in [1.807, 2.05) is 23.9 Å². The molecule has 0 aromatic heterocycles. The number of para-hydroxylation sites is 1. The molecule has 1 aromatic carbocycles. The molecule has 2 rings (SSSR count). The van der Waals surface area contributed by atoms with E-state index >= 15 is 0 Å². The predicted molar refractivity (Wildman–Crippen MR) is 86.0 cm³/mol. The Hall–Kier alpha value is -1.43. The number of nitrogens with one attached hydrogen (secondary N) is 1. The molecule has 20 heavy (non-hydrogen) atoms. The Morgan fingerprint density at radius 3 is 2.80 bits per heavy atom. The van der Waals surface area contributed by atoms with E-state index < -0.39 is 0 Å². The van der Waals surface area contributed by atoms with E-state index in [1.54, 1.807) is 13.1 Å². The van der Waals surface area contributed by atoms with Crippen LogP contribution in [0.4, 0.5) is 17.1 Å². The molecule has 5 nitrogen and oxygen atoms in total. The second-order valence-corrected chi connectivity index (χ2v) is 7.33. The molecule has 6 heteroatoms. The van der Waals surface area contributed by atoms with Gasteiger partial charge in [0, 0.05) is 30.6 Å². The van der Waals surface area contributed by atoms with Crippen molar-refractivity contribution in [3.05, 3.63) is 28.3 Å². The lowest BCUT2D eigenvalue weighted by atomic mass is 10.1. The minimum absolute atomic E-state index is 0.180. The van der Waals surface area contributed by atoms with E-state index in [-0.39, 0.29) is 15.4 Å². The van der Waals surface area contributed by atoms with Gasteiger partial charge < -0.3 is 10.2 Å². The van der Waals surface area contributed by atoms with Crippen LogP contribution >= 0.6 is 11.8 Å². The van der Waals surface area contributed by atoms with Crippen molar-refractivity contribution in [1.82, 2.24) is 0 Å². The van der Waals surface area contributed by atoms with Crippen molar-refractivity contribution in [2.75, 3.05) is 36.1 Å². The first kappa shape index (κ1) is 15.0. The molecule has 1 N–H and O–H groups in total. The van der Waals surface area contributed by atoms with Crippen molar-refractivity contribution < 1.29 is 4.92 Å². The summed E-state index contributed by atoms with van der Waals surface area (Å²) in [5.74, 6) is 0.994. The van der Waals surface area contributed by atoms with Crippen LogP contribution in [0.3, 0.4) is 0 Å². The van der Waals surface area contributed by atoms with Crippen molar-refractivity contribution in [1.29, 1.82) is 0 Å². The molecular formula is C14H21N3O2S. The molecule has 1 aromatic rings. The molecule has 0 spiro atoms. The van der Waals surface area contributed by atoms with Crippen molar-refractivity contribution >= 4 is 28.8 Å². The van der Waals surface area contributed by atoms with E-state index in [2.05, 4.69) is 24.1 Å². The highest BCUT2D eigenvalue weighted by Gasteiger charge is 2.28. The minimum atomic E-state index is -0.287. The number of nitrogens with zero attached hydrogens (tertiary/aromatic N) is 2. The lowest BCUT2D eigenvalue weighted by molar-refractivity contribution is -0.383. The number of benzene rings is 1. The highest BCUT2D eigenvalue weighted by atomic mass is 32.2. The largest absolute Gasteiger partial charge is 0.382 e. The van der Waals surface area contributed by atoms with Crippen LogP contribution in [0.2, 0.25) is 0 Å². The molecule has 1 aliphatic heterocycles. The number of thioether (sulfide) groups is 1. The quantitative estimate of drug-likeness (QED) is 0.684. The van der Waals surface area contributed by atoms with Crippen molar-refractivity contribution in [2.45, 2.75) is 25.0 Å². The van der Waals surface area contributed by atoms with E-state index in [4.69, 9.17) is 0 Å². The van der Waals surface area contributed by atoms with Crippen LogP contribution in [0.5, 0.6) is 0 Å². The molecule has 1 aliphatic rings. The molecule has 0 saturated carbocycles. The average Bonchev–Trinajstić information content (AvgIpc) is 2.58. The average molecular weight is 295 g/mol. The van der Waals surface area contributed by atoms with Gasteiger partial charge in [-0.15, -0.1) is 0 Å². The standard InChI is InChI=1S/C14H21N3O2S/c1-14(2)7-8-16(9-10-20-14)12-6-4-5-11(15-3)13(12)17(18)19/h4-6,15H,7-10H2,1-3H3. The SMILES string of the molecule is CNc1cccc(N2CCSC(C)(C)CC2)c1[N+](=O)[O-]. The van der Waals surface area contributed by atoms with Gasteiger partial charge in [0.1, 0.15) is 11.4 Å². The first-order valence-corrected chi connectivity index (χ1v) is 7.77. The Bertz CT molecular complexity index is 505. The Kier molecular flexibility index (Phi) is 4.42. The van der Waals surface area contributed by atoms with E-state index in [9.17, 15) is 10.1 Å². The molecule has 0 radical (unpaired) electrons. The molecule has 0 atom stereocenters. The smallest absolute Gasteiger partial charge is 0.315 e. The van der Waals surface area contributed by atoms with Crippen molar-refractivity contribution in [3.8, 4) is 0 Å². The monoisotopic (exact) mass is 295 g/mol. The van der Waals surface area contributed by atoms with Crippen LogP contribution in [0.25, 0.3) is 0 Å². The van der Waals surface area contributed by atoms with E-state index in [0.717, 1.165) is 31.0 Å². The van der Waals surface area contributed by atoms with E-state index in [0.29, 0.717) is 5.69 Å². The number of hydrogen-bond acceptors (Lipinski definition) is 5. The van der Waals surface area contributed by atoms with Gasteiger partial charge in [-0.05, 0) is 18.6 Å². The maximum atomic E-state index is 11.4. The van der Waals surface area contributed by atoms with Gasteiger partial charge in [-0.1, -0.05) is 19.9 Å². The van der Waals surface area contributed by atoms with Gasteiger partial charge >= 0.3 is 5.69 Å². The molecule has 1 saturated heterocycles. The summed E-state index contributed by atoms with van der Waals surface area (Å²) in [6.45, 7) is 6.18. The third-order valence-corrected chi connectivity index (χ3v) is 5.02. The highest BCUT2D eigenvalue weighted by molar-refractivity contribution is 8.00. The summed E-state index contributed by atoms with van der Waals surface area (Å²) >= 11 is 1.94. The highest BCUT2D eigenvalue weighted by Crippen LogP contribution is 2.38. The van der Waals surface area contributed by atoms with Gasteiger partial charge in [0.2, 0.25) is 0 Å². The lowest BCUT2D eigenvalue weighted by Crippen LogP contribution is -2.27. The molecule has 0 aliphatic carbocycles. The summed E-state index contributed by atoms with van der Waals surface area (Å²) in [7, 11) is 1.72. The zero-order valence-electron chi connectivity index (χ0n) is 12.2. The molecule has 1 heterocycles. The van der Waals surface area contributed by atoms with Gasteiger partial charge in [-0.3, -0.25) is 10.1 Å². The van der Waals surface area contributed by atoms with Gasteiger partial charge in [0.25, 0.3) is 0 Å². The Morgan fingerprint density at radius 1 is 1.40 bits per heavy atom. The Labute approximate surface area is 123 Å². The number of anilines is 2. The maximum Gasteiger partial charge on any atom is 0.315 e. The fourth-order valence-electron chi connectivity index (χ4n) is 2.44. The van der Waals surface area contributed by atoms with E-state index in [1.165, 1.54) is 0 Å². The Morgan fingerprint density at radius 2 is 2.15 bits per heavy atom. The van der Waals surface area contributed by atoms with Gasteiger partial charge in [-0.2, -0.15) is 11.8 Å². The fraction of sp³-hybridized carbons (Fsp3) is 0.571. The van der Waals surface area contributed by atoms with Crippen LogP contribution in [-0.4, -0.2) is 35.6 Å². The normalized spacial score (nSPS) is 18.4. The third kappa shape index (κ3) is 3.17. The van der Waals surface area contributed by atoms with Crippen LogP contribution in [-0.2, 0) is 0 Å². The zero-order chi connectivity index (χ0) is 14.8. The maximum absolute atomic E-state index is 11.4. The van der Waals surface area contributed by atoms with Gasteiger partial charge in [0.15, 0.2) is 0 Å². The Balaban J connectivity index is 2.35. The molecular weight excluding hydrogens is 274 g/mol. The summed E-state index contributed by atoms with van der Waals surface area (Å²) in [4.78, 5) is 13.2. The number of rotatable bonds is 3. The summed E-state index contributed by atoms with van der Waals surface area (Å²) in [6, 6.07) is 5.47. The first-order valence-electron chi connectivity index (χ1n) is 6.79. The number of hydrogen-bond donors (Lipinski definition) is 1. The second kappa shape index (κ2) is 5.91. The molecule has 1 fully saturated rings. The fourth-order valence-corrected chi connectivity index (χ4v) is 3.54. The summed E-state index contributed by atoms with van der Waals surface area (Å²) < 4.78 is 0.240. The van der Waals surface area contributed by atoms with Gasteiger partial charge in [0.05, 0.1) is 4.92 Å². The van der Waals surface area contributed by atoms with Crippen LogP contribution in [0.15, 0.2) is 18.2 Å². The van der Waals surface area contributed by atoms with Gasteiger partial charge in [-0.25, -0.2) is 0 Å². The second-order valence-electron chi connectivity index (χ2n) is 5.53. The van der Waals surface area contributed by atoms with Crippen LogP contribution < -0.4 is 10.2 Å². The number of nitro benzene ring substituents is 1. The molecule has 0 bridgehead atoms. The zero-order valence-corrected chi connectivity index (χ0v) is 13.0.